The number of para-hydroxylation sites is 1. The molecule has 2 rings (SSSR count). The fourth-order valence-corrected chi connectivity index (χ4v) is 1.68. The lowest BCUT2D eigenvalue weighted by atomic mass is 9.86. The van der Waals surface area contributed by atoms with E-state index in [0.29, 0.717) is 6.10 Å². The van der Waals surface area contributed by atoms with Crippen molar-refractivity contribution in [3.63, 3.8) is 0 Å². The van der Waals surface area contributed by atoms with Crippen LogP contribution in [0.1, 0.15) is 26.3 Å². The molecule has 1 saturated heterocycles. The van der Waals surface area contributed by atoms with Gasteiger partial charge in [-0.15, -0.1) is 0 Å². The zero-order valence-electron chi connectivity index (χ0n) is 9.66. The third kappa shape index (κ3) is 2.32. The van der Waals surface area contributed by atoms with Gasteiger partial charge < -0.3 is 4.74 Å². The van der Waals surface area contributed by atoms with Gasteiger partial charge in [0, 0.05) is 0 Å². The van der Waals surface area contributed by atoms with Crippen LogP contribution in [0, 0.1) is 0 Å². The largest absolute Gasteiger partial charge is 0.487 e. The summed E-state index contributed by atoms with van der Waals surface area (Å²) in [6, 6.07) is 8.29. The Hall–Kier alpha value is -1.02. The van der Waals surface area contributed by atoms with Crippen LogP contribution in [0.4, 0.5) is 0 Å². The zero-order chi connectivity index (χ0) is 10.9. The van der Waals surface area contributed by atoms with Crippen LogP contribution in [0.15, 0.2) is 24.3 Å². The molecule has 2 nitrogen and oxygen atoms in total. The summed E-state index contributed by atoms with van der Waals surface area (Å²) in [5.74, 6) is 1.02. The Bertz CT molecular complexity index is 337. The minimum atomic E-state index is 0.136. The second-order valence-corrected chi connectivity index (χ2v) is 5.07. The highest BCUT2D eigenvalue weighted by Gasteiger charge is 2.24. The quantitative estimate of drug-likeness (QED) is 0.725. The number of rotatable bonds is 2. The first-order valence-electron chi connectivity index (χ1n) is 5.47. The summed E-state index contributed by atoms with van der Waals surface area (Å²) in [6.07, 6.45) is 0.300. The predicted molar refractivity (Wildman–Crippen MR) is 61.4 cm³/mol. The molecule has 1 aliphatic heterocycles. The Morgan fingerprint density at radius 3 is 2.40 bits per heavy atom. The number of benzene rings is 1. The molecule has 0 aliphatic carbocycles. The predicted octanol–water partition coefficient (Wildman–Crippen LogP) is 2.35. The Morgan fingerprint density at radius 1 is 1.20 bits per heavy atom. The van der Waals surface area contributed by atoms with E-state index in [1.165, 1.54) is 5.56 Å². The van der Waals surface area contributed by atoms with Crippen LogP contribution in [0.2, 0.25) is 0 Å². The molecule has 81 valence electrons. The molecule has 0 atom stereocenters. The summed E-state index contributed by atoms with van der Waals surface area (Å²) in [4.78, 5) is 0. The first-order valence-corrected chi connectivity index (χ1v) is 5.47. The molecular weight excluding hydrogens is 186 g/mol. The SMILES string of the molecule is CC(C)(C)c1ccccc1OC1C[N]C1. The van der Waals surface area contributed by atoms with E-state index in [2.05, 4.69) is 44.3 Å². The van der Waals surface area contributed by atoms with Crippen LogP contribution in [0.3, 0.4) is 0 Å². The average Bonchev–Trinajstić information content (AvgIpc) is 2.10. The summed E-state index contributed by atoms with van der Waals surface area (Å²) in [7, 11) is 0. The summed E-state index contributed by atoms with van der Waals surface area (Å²) in [5.41, 5.74) is 1.41. The van der Waals surface area contributed by atoms with Gasteiger partial charge in [0.05, 0.1) is 13.1 Å². The van der Waals surface area contributed by atoms with Crippen molar-refractivity contribution in [3.8, 4) is 5.75 Å². The fourth-order valence-electron chi connectivity index (χ4n) is 1.68. The Labute approximate surface area is 91.6 Å². The van der Waals surface area contributed by atoms with Crippen molar-refractivity contribution in [1.29, 1.82) is 0 Å². The van der Waals surface area contributed by atoms with Gasteiger partial charge in [-0.1, -0.05) is 39.0 Å². The first-order chi connectivity index (χ1) is 7.07. The van der Waals surface area contributed by atoms with E-state index in [1.807, 2.05) is 6.07 Å². The molecule has 0 aromatic heterocycles. The van der Waals surface area contributed by atoms with Crippen LogP contribution in [-0.2, 0) is 5.41 Å². The lowest BCUT2D eigenvalue weighted by molar-refractivity contribution is 0.136. The highest BCUT2D eigenvalue weighted by Crippen LogP contribution is 2.31. The van der Waals surface area contributed by atoms with Gasteiger partial charge in [0.25, 0.3) is 0 Å². The van der Waals surface area contributed by atoms with Crippen LogP contribution in [-0.4, -0.2) is 19.2 Å². The summed E-state index contributed by atoms with van der Waals surface area (Å²) in [5, 5.41) is 4.16. The van der Waals surface area contributed by atoms with E-state index in [4.69, 9.17) is 4.74 Å². The van der Waals surface area contributed by atoms with Crippen LogP contribution >= 0.6 is 0 Å². The summed E-state index contributed by atoms with van der Waals surface area (Å²) < 4.78 is 5.91. The van der Waals surface area contributed by atoms with E-state index in [9.17, 15) is 0 Å². The number of nitrogens with zero attached hydrogens (tertiary/aromatic N) is 1. The second kappa shape index (κ2) is 3.86. The molecule has 1 aromatic rings. The van der Waals surface area contributed by atoms with E-state index in [-0.39, 0.29) is 5.41 Å². The Morgan fingerprint density at radius 2 is 1.87 bits per heavy atom. The van der Waals surface area contributed by atoms with Gasteiger partial charge in [-0.2, -0.15) is 0 Å². The third-order valence-electron chi connectivity index (χ3n) is 2.65. The molecule has 15 heavy (non-hydrogen) atoms. The van der Waals surface area contributed by atoms with E-state index < -0.39 is 0 Å². The number of ether oxygens (including phenoxy) is 1. The lowest BCUT2D eigenvalue weighted by Gasteiger charge is -2.30. The van der Waals surface area contributed by atoms with E-state index in [0.717, 1.165) is 18.8 Å². The molecule has 0 spiro atoms. The van der Waals surface area contributed by atoms with Crippen molar-refractivity contribution in [2.45, 2.75) is 32.3 Å². The summed E-state index contributed by atoms with van der Waals surface area (Å²) in [6.45, 7) is 8.32. The standard InChI is InChI=1S/C13H18NO/c1-13(2,3)11-6-4-5-7-12(11)15-10-8-14-9-10/h4-7,10H,8-9H2,1-3H3. The topological polar surface area (TPSA) is 23.3 Å². The van der Waals surface area contributed by atoms with Gasteiger partial charge in [0.15, 0.2) is 0 Å². The lowest BCUT2D eigenvalue weighted by Crippen LogP contribution is -2.45. The molecule has 0 bridgehead atoms. The van der Waals surface area contributed by atoms with Crippen LogP contribution < -0.4 is 10.1 Å². The van der Waals surface area contributed by atoms with Crippen molar-refractivity contribution in [1.82, 2.24) is 5.32 Å². The Kier molecular flexibility index (Phi) is 2.70. The molecule has 1 fully saturated rings. The molecule has 0 unspecified atom stereocenters. The van der Waals surface area contributed by atoms with Crippen molar-refractivity contribution in [2.24, 2.45) is 0 Å². The van der Waals surface area contributed by atoms with E-state index >= 15 is 0 Å². The minimum absolute atomic E-state index is 0.136. The summed E-state index contributed by atoms with van der Waals surface area (Å²) >= 11 is 0. The maximum Gasteiger partial charge on any atom is 0.127 e. The molecular formula is C13H18NO. The first kappa shape index (κ1) is 10.5. The van der Waals surface area contributed by atoms with Gasteiger partial charge in [-0.25, -0.2) is 5.32 Å². The van der Waals surface area contributed by atoms with Gasteiger partial charge in [0.2, 0.25) is 0 Å². The minimum Gasteiger partial charge on any atom is -0.487 e. The monoisotopic (exact) mass is 204 g/mol. The molecule has 1 heterocycles. The van der Waals surface area contributed by atoms with Gasteiger partial charge >= 0.3 is 0 Å². The van der Waals surface area contributed by atoms with Crippen molar-refractivity contribution in [2.75, 3.05) is 13.1 Å². The smallest absolute Gasteiger partial charge is 0.127 e. The highest BCUT2D eigenvalue weighted by molar-refractivity contribution is 5.38. The molecule has 1 aliphatic rings. The maximum atomic E-state index is 5.91. The molecule has 1 aromatic carbocycles. The Balaban J connectivity index is 2.21. The van der Waals surface area contributed by atoms with Gasteiger partial charge in [-0.3, -0.25) is 0 Å². The van der Waals surface area contributed by atoms with Gasteiger partial charge in [-0.05, 0) is 17.0 Å². The molecule has 2 heteroatoms. The highest BCUT2D eigenvalue weighted by atomic mass is 16.5. The molecule has 0 amide bonds. The average molecular weight is 204 g/mol. The molecule has 0 saturated carbocycles. The molecule has 0 N–H and O–H groups in total. The number of hydrogen-bond donors (Lipinski definition) is 0. The normalized spacial score (nSPS) is 17.3. The van der Waals surface area contributed by atoms with Gasteiger partial charge in [0.1, 0.15) is 11.9 Å². The molecule has 1 radical (unpaired) electrons. The maximum absolute atomic E-state index is 5.91. The fraction of sp³-hybridized carbons (Fsp3) is 0.538. The van der Waals surface area contributed by atoms with Crippen molar-refractivity contribution < 1.29 is 4.74 Å². The van der Waals surface area contributed by atoms with Crippen molar-refractivity contribution >= 4 is 0 Å². The second-order valence-electron chi connectivity index (χ2n) is 5.07. The van der Waals surface area contributed by atoms with E-state index in [1.54, 1.807) is 0 Å². The zero-order valence-corrected chi connectivity index (χ0v) is 9.66. The van der Waals surface area contributed by atoms with Crippen LogP contribution in [0.5, 0.6) is 5.75 Å². The van der Waals surface area contributed by atoms with Crippen LogP contribution in [0.25, 0.3) is 0 Å². The number of hydrogen-bond acceptors (Lipinski definition) is 1. The third-order valence-corrected chi connectivity index (χ3v) is 2.65. The van der Waals surface area contributed by atoms with Crippen molar-refractivity contribution in [3.05, 3.63) is 29.8 Å².